The van der Waals surface area contributed by atoms with Crippen LogP contribution in [-0.2, 0) is 11.0 Å². The maximum absolute atomic E-state index is 12.7. The number of benzene rings is 2. The minimum absolute atomic E-state index is 0.0624. The third kappa shape index (κ3) is 4.72. The molecule has 3 nitrogen and oxygen atoms in total. The lowest BCUT2D eigenvalue weighted by atomic mass is 10.2. The van der Waals surface area contributed by atoms with Gasteiger partial charge in [-0.15, -0.1) is 0 Å². The average Bonchev–Trinajstić information content (AvgIpc) is 2.49. The van der Waals surface area contributed by atoms with Crippen LogP contribution in [0.25, 0.3) is 0 Å². The lowest BCUT2D eigenvalue weighted by Crippen LogP contribution is -2.30. The van der Waals surface area contributed by atoms with Crippen LogP contribution in [0.1, 0.15) is 12.5 Å². The van der Waals surface area contributed by atoms with Crippen molar-refractivity contribution in [1.82, 2.24) is 0 Å². The summed E-state index contributed by atoms with van der Waals surface area (Å²) in [4.78, 5) is 12.1. The molecule has 0 saturated heterocycles. The number of hydrogen-bond donors (Lipinski definition) is 1. The van der Waals surface area contributed by atoms with Gasteiger partial charge in [-0.25, -0.2) is 0 Å². The quantitative estimate of drug-likeness (QED) is 0.812. The molecule has 2 aromatic carbocycles. The lowest BCUT2D eigenvalue weighted by Gasteiger charge is -2.16. The van der Waals surface area contributed by atoms with Gasteiger partial charge < -0.3 is 10.1 Å². The van der Waals surface area contributed by atoms with Crippen molar-refractivity contribution < 1.29 is 22.7 Å². The standard InChI is InChI=1S/C16H13BrF3NO2/c1-10(23-14-8-3-2-7-13(14)17)15(22)21-12-6-4-5-11(9-12)16(18,19)20/h2-10H,1H3,(H,21,22). The first kappa shape index (κ1) is 17.3. The maximum atomic E-state index is 12.7. The summed E-state index contributed by atoms with van der Waals surface area (Å²) in [7, 11) is 0. The van der Waals surface area contributed by atoms with Crippen molar-refractivity contribution in [3.05, 3.63) is 58.6 Å². The van der Waals surface area contributed by atoms with Crippen LogP contribution in [-0.4, -0.2) is 12.0 Å². The SMILES string of the molecule is CC(Oc1ccccc1Br)C(=O)Nc1cccc(C(F)(F)F)c1. The Labute approximate surface area is 139 Å². The molecule has 2 rings (SSSR count). The third-order valence-corrected chi connectivity index (χ3v) is 3.62. The number of anilines is 1. The normalized spacial score (nSPS) is 12.6. The Morgan fingerprint density at radius 1 is 1.17 bits per heavy atom. The fourth-order valence-corrected chi connectivity index (χ4v) is 2.18. The van der Waals surface area contributed by atoms with Gasteiger partial charge in [0, 0.05) is 5.69 Å². The van der Waals surface area contributed by atoms with E-state index < -0.39 is 23.8 Å². The molecule has 122 valence electrons. The molecule has 2 aromatic rings. The summed E-state index contributed by atoms with van der Waals surface area (Å²) in [5.41, 5.74) is -0.762. The summed E-state index contributed by atoms with van der Waals surface area (Å²) in [6, 6.07) is 11.4. The highest BCUT2D eigenvalue weighted by atomic mass is 79.9. The molecule has 0 spiro atoms. The average molecular weight is 388 g/mol. The first-order chi connectivity index (χ1) is 10.8. The Bertz CT molecular complexity index is 704. The summed E-state index contributed by atoms with van der Waals surface area (Å²) in [5, 5.41) is 2.41. The van der Waals surface area contributed by atoms with Crippen LogP contribution < -0.4 is 10.1 Å². The minimum Gasteiger partial charge on any atom is -0.480 e. The van der Waals surface area contributed by atoms with Gasteiger partial charge in [0.05, 0.1) is 10.0 Å². The number of rotatable bonds is 4. The van der Waals surface area contributed by atoms with E-state index in [1.54, 1.807) is 24.3 Å². The van der Waals surface area contributed by atoms with Gasteiger partial charge in [0.25, 0.3) is 5.91 Å². The van der Waals surface area contributed by atoms with Crippen molar-refractivity contribution in [3.63, 3.8) is 0 Å². The first-order valence-electron chi connectivity index (χ1n) is 6.66. The summed E-state index contributed by atoms with van der Waals surface area (Å²) in [6.45, 7) is 1.52. The first-order valence-corrected chi connectivity index (χ1v) is 7.46. The Hall–Kier alpha value is -2.02. The number of alkyl halides is 3. The molecule has 0 aromatic heterocycles. The van der Waals surface area contributed by atoms with E-state index in [1.807, 2.05) is 0 Å². The van der Waals surface area contributed by atoms with Crippen LogP contribution in [0.4, 0.5) is 18.9 Å². The van der Waals surface area contributed by atoms with Crippen molar-refractivity contribution >= 4 is 27.5 Å². The molecule has 1 N–H and O–H groups in total. The summed E-state index contributed by atoms with van der Waals surface area (Å²) in [6.07, 6.45) is -5.33. The highest BCUT2D eigenvalue weighted by molar-refractivity contribution is 9.10. The zero-order valence-electron chi connectivity index (χ0n) is 12.0. The van der Waals surface area contributed by atoms with Gasteiger partial charge >= 0.3 is 6.18 Å². The van der Waals surface area contributed by atoms with Crippen LogP contribution >= 0.6 is 15.9 Å². The minimum atomic E-state index is -4.46. The third-order valence-electron chi connectivity index (χ3n) is 2.97. The van der Waals surface area contributed by atoms with Crippen molar-refractivity contribution in [1.29, 1.82) is 0 Å². The summed E-state index contributed by atoms with van der Waals surface area (Å²) < 4.78 is 44.1. The van der Waals surface area contributed by atoms with Gasteiger partial charge in [-0.1, -0.05) is 18.2 Å². The molecular formula is C16H13BrF3NO2. The number of ether oxygens (including phenoxy) is 1. The van der Waals surface area contributed by atoms with E-state index in [0.717, 1.165) is 12.1 Å². The van der Waals surface area contributed by atoms with Gasteiger partial charge in [-0.05, 0) is 53.2 Å². The fraction of sp³-hybridized carbons (Fsp3) is 0.188. The molecule has 0 aliphatic heterocycles. The van der Waals surface area contributed by atoms with Crippen LogP contribution in [0.3, 0.4) is 0 Å². The molecule has 23 heavy (non-hydrogen) atoms. The van der Waals surface area contributed by atoms with E-state index in [-0.39, 0.29) is 5.69 Å². The zero-order valence-corrected chi connectivity index (χ0v) is 13.6. The highest BCUT2D eigenvalue weighted by Gasteiger charge is 2.30. The van der Waals surface area contributed by atoms with Crippen LogP contribution in [0.5, 0.6) is 5.75 Å². The van der Waals surface area contributed by atoms with Crippen LogP contribution in [0.15, 0.2) is 53.0 Å². The van der Waals surface area contributed by atoms with E-state index in [9.17, 15) is 18.0 Å². The van der Waals surface area contributed by atoms with Gasteiger partial charge in [-0.2, -0.15) is 13.2 Å². The Morgan fingerprint density at radius 3 is 2.52 bits per heavy atom. The number of amides is 1. The smallest absolute Gasteiger partial charge is 0.416 e. The monoisotopic (exact) mass is 387 g/mol. The molecule has 0 saturated carbocycles. The largest absolute Gasteiger partial charge is 0.480 e. The molecule has 1 unspecified atom stereocenters. The van der Waals surface area contributed by atoms with Crippen molar-refractivity contribution in [2.24, 2.45) is 0 Å². The van der Waals surface area contributed by atoms with Crippen molar-refractivity contribution in [2.45, 2.75) is 19.2 Å². The van der Waals surface area contributed by atoms with Gasteiger partial charge in [-0.3, -0.25) is 4.79 Å². The maximum Gasteiger partial charge on any atom is 0.416 e. The molecule has 1 amide bonds. The highest BCUT2D eigenvalue weighted by Crippen LogP contribution is 2.31. The number of halogens is 4. The molecule has 7 heteroatoms. The van der Waals surface area contributed by atoms with Gasteiger partial charge in [0.15, 0.2) is 6.10 Å². The van der Waals surface area contributed by atoms with E-state index in [0.29, 0.717) is 10.2 Å². The van der Waals surface area contributed by atoms with E-state index in [1.165, 1.54) is 19.1 Å². The molecule has 0 aliphatic carbocycles. The zero-order chi connectivity index (χ0) is 17.0. The molecule has 0 fully saturated rings. The second kappa shape index (κ2) is 7.04. The van der Waals surface area contributed by atoms with Gasteiger partial charge in [0.1, 0.15) is 5.75 Å². The number of hydrogen-bond acceptors (Lipinski definition) is 2. The van der Waals surface area contributed by atoms with Crippen LogP contribution in [0, 0.1) is 0 Å². The number of carbonyl (C=O) groups excluding carboxylic acids is 1. The number of nitrogens with one attached hydrogen (secondary N) is 1. The predicted octanol–water partition coefficient (Wildman–Crippen LogP) is 4.87. The number of carbonyl (C=O) groups is 1. The fourth-order valence-electron chi connectivity index (χ4n) is 1.80. The second-order valence-corrected chi connectivity index (χ2v) is 5.61. The Morgan fingerprint density at radius 2 is 1.87 bits per heavy atom. The van der Waals surface area contributed by atoms with Gasteiger partial charge in [0.2, 0.25) is 0 Å². The number of para-hydroxylation sites is 1. The van der Waals surface area contributed by atoms with E-state index in [2.05, 4.69) is 21.2 Å². The van der Waals surface area contributed by atoms with Crippen molar-refractivity contribution in [2.75, 3.05) is 5.32 Å². The van der Waals surface area contributed by atoms with E-state index >= 15 is 0 Å². The topological polar surface area (TPSA) is 38.3 Å². The van der Waals surface area contributed by atoms with Crippen LogP contribution in [0.2, 0.25) is 0 Å². The molecule has 0 radical (unpaired) electrons. The Balaban J connectivity index is 2.06. The summed E-state index contributed by atoms with van der Waals surface area (Å²) >= 11 is 3.29. The van der Waals surface area contributed by atoms with E-state index in [4.69, 9.17) is 4.74 Å². The lowest BCUT2D eigenvalue weighted by molar-refractivity contribution is -0.137. The molecule has 0 heterocycles. The molecule has 1 atom stereocenters. The molecule has 0 aliphatic rings. The van der Waals surface area contributed by atoms with Crippen molar-refractivity contribution in [3.8, 4) is 5.75 Å². The predicted molar refractivity (Wildman–Crippen MR) is 84.3 cm³/mol. The second-order valence-electron chi connectivity index (χ2n) is 4.76. The molecular weight excluding hydrogens is 375 g/mol. The Kier molecular flexibility index (Phi) is 5.30. The molecule has 0 bridgehead atoms. The summed E-state index contributed by atoms with van der Waals surface area (Å²) in [5.74, 6) is -0.0701.